The van der Waals surface area contributed by atoms with Gasteiger partial charge in [-0.05, 0) is 37.8 Å². The zero-order valence-corrected chi connectivity index (χ0v) is 16.2. The van der Waals surface area contributed by atoms with Crippen LogP contribution in [-0.2, 0) is 28.7 Å². The number of aryl methyl sites for hydroxylation is 2. The highest BCUT2D eigenvalue weighted by Gasteiger charge is 2.30. The summed E-state index contributed by atoms with van der Waals surface area (Å²) in [7, 11) is 0. The molecule has 0 aliphatic heterocycles. The van der Waals surface area contributed by atoms with E-state index in [2.05, 4.69) is 15.1 Å². The topological polar surface area (TPSA) is 69.4 Å². The Morgan fingerprint density at radius 2 is 2.00 bits per heavy atom. The van der Waals surface area contributed by atoms with Crippen LogP contribution in [0.5, 0.6) is 0 Å². The Labute approximate surface area is 163 Å². The lowest BCUT2D eigenvalue weighted by molar-refractivity contribution is -0.144. The molecule has 0 fully saturated rings. The number of nitrogens with zero attached hydrogens (tertiary/aromatic N) is 4. The van der Waals surface area contributed by atoms with Crippen molar-refractivity contribution >= 4 is 23.5 Å². The van der Waals surface area contributed by atoms with E-state index >= 15 is 0 Å². The van der Waals surface area contributed by atoms with Crippen LogP contribution in [0, 0.1) is 13.8 Å². The third kappa shape index (κ3) is 4.27. The van der Waals surface area contributed by atoms with Gasteiger partial charge in [0.15, 0.2) is 0 Å². The van der Waals surface area contributed by atoms with Gasteiger partial charge in [0, 0.05) is 17.0 Å². The van der Waals surface area contributed by atoms with Crippen molar-refractivity contribution < 1.29 is 22.7 Å². The van der Waals surface area contributed by atoms with E-state index < -0.39 is 17.7 Å². The fraction of sp³-hybridized carbons (Fsp3) is 0.333. The van der Waals surface area contributed by atoms with Crippen LogP contribution < -0.4 is 0 Å². The van der Waals surface area contributed by atoms with E-state index in [1.165, 1.54) is 23.9 Å². The van der Waals surface area contributed by atoms with Crippen LogP contribution in [-0.4, -0.2) is 31.8 Å². The molecular formula is C18H17F3N4O2S. The van der Waals surface area contributed by atoms with Gasteiger partial charge in [0.2, 0.25) is 5.16 Å². The zero-order chi connectivity index (χ0) is 20.5. The van der Waals surface area contributed by atoms with Crippen molar-refractivity contribution in [3.05, 3.63) is 52.3 Å². The van der Waals surface area contributed by atoms with Crippen molar-refractivity contribution in [2.75, 3.05) is 6.26 Å². The van der Waals surface area contributed by atoms with Gasteiger partial charge < -0.3 is 4.74 Å². The summed E-state index contributed by atoms with van der Waals surface area (Å²) in [6, 6.07) is 4.70. The summed E-state index contributed by atoms with van der Waals surface area (Å²) < 4.78 is 45.0. The lowest BCUT2D eigenvalue weighted by Crippen LogP contribution is -2.14. The maximum absolute atomic E-state index is 12.8. The number of ether oxygens (including phenoxy) is 1. The molecule has 0 saturated carbocycles. The molecule has 0 amide bonds. The van der Waals surface area contributed by atoms with Gasteiger partial charge in [-0.1, -0.05) is 23.9 Å². The van der Waals surface area contributed by atoms with Gasteiger partial charge >= 0.3 is 12.1 Å². The SMILES string of the molecule is CSc1nc2nc(C)c(CC(=O)OCc3cccc(C(F)(F)F)c3)c(C)n2n1. The Hall–Kier alpha value is -2.62. The number of alkyl halides is 3. The fourth-order valence-electron chi connectivity index (χ4n) is 2.73. The van der Waals surface area contributed by atoms with Gasteiger partial charge in [0.25, 0.3) is 5.78 Å². The molecule has 1 aromatic carbocycles. The van der Waals surface area contributed by atoms with Crippen LogP contribution in [0.3, 0.4) is 0 Å². The van der Waals surface area contributed by atoms with Crippen molar-refractivity contribution in [3.8, 4) is 0 Å². The number of fused-ring (bicyclic) bond motifs is 1. The van der Waals surface area contributed by atoms with Gasteiger partial charge in [-0.15, -0.1) is 5.10 Å². The maximum atomic E-state index is 12.8. The molecule has 0 saturated heterocycles. The predicted octanol–water partition coefficient (Wildman–Crippen LogP) is 3.77. The van der Waals surface area contributed by atoms with Crippen LogP contribution in [0.1, 0.15) is 28.1 Å². The molecule has 0 atom stereocenters. The number of halogens is 3. The van der Waals surface area contributed by atoms with Crippen LogP contribution >= 0.6 is 11.8 Å². The van der Waals surface area contributed by atoms with E-state index in [0.717, 1.165) is 12.1 Å². The molecule has 2 aromatic heterocycles. The molecule has 0 unspecified atom stereocenters. The molecule has 10 heteroatoms. The number of hydrogen-bond acceptors (Lipinski definition) is 6. The molecule has 0 spiro atoms. The average Bonchev–Trinajstić information content (AvgIpc) is 3.06. The van der Waals surface area contributed by atoms with E-state index in [1.807, 2.05) is 6.26 Å². The van der Waals surface area contributed by atoms with Crippen LogP contribution in [0.15, 0.2) is 29.4 Å². The number of rotatable bonds is 5. The summed E-state index contributed by atoms with van der Waals surface area (Å²) in [5.41, 5.74) is 1.48. The van der Waals surface area contributed by atoms with Crippen LogP contribution in [0.25, 0.3) is 5.78 Å². The normalized spacial score (nSPS) is 11.8. The number of carbonyl (C=O) groups excluding carboxylic acids is 1. The first-order valence-corrected chi connectivity index (χ1v) is 9.50. The summed E-state index contributed by atoms with van der Waals surface area (Å²) >= 11 is 1.38. The van der Waals surface area contributed by atoms with Gasteiger partial charge in [-0.3, -0.25) is 4.79 Å². The molecule has 3 aromatic rings. The molecule has 28 heavy (non-hydrogen) atoms. The van der Waals surface area contributed by atoms with Gasteiger partial charge in [0.1, 0.15) is 6.61 Å². The van der Waals surface area contributed by atoms with Crippen molar-refractivity contribution in [2.24, 2.45) is 0 Å². The lowest BCUT2D eigenvalue weighted by Gasteiger charge is -2.11. The van der Waals surface area contributed by atoms with Gasteiger partial charge in [0.05, 0.1) is 12.0 Å². The van der Waals surface area contributed by atoms with E-state index in [0.29, 0.717) is 27.9 Å². The molecule has 0 aliphatic rings. The van der Waals surface area contributed by atoms with Crippen molar-refractivity contribution in [2.45, 2.75) is 38.2 Å². The number of esters is 1. The number of hydrogen-bond donors (Lipinski definition) is 0. The Balaban J connectivity index is 1.73. The number of aromatic nitrogens is 4. The summed E-state index contributed by atoms with van der Waals surface area (Å²) in [6.45, 7) is 3.32. The molecule has 0 radical (unpaired) electrons. The average molecular weight is 410 g/mol. The largest absolute Gasteiger partial charge is 0.461 e. The van der Waals surface area contributed by atoms with E-state index in [1.54, 1.807) is 18.4 Å². The fourth-order valence-corrected chi connectivity index (χ4v) is 3.07. The van der Waals surface area contributed by atoms with Gasteiger partial charge in [-0.25, -0.2) is 9.50 Å². The lowest BCUT2D eigenvalue weighted by atomic mass is 10.1. The Kier molecular flexibility index (Phi) is 5.59. The second kappa shape index (κ2) is 7.78. The second-order valence-corrected chi connectivity index (χ2v) is 6.88. The molecule has 6 nitrogen and oxygen atoms in total. The minimum absolute atomic E-state index is 0.0615. The third-order valence-electron chi connectivity index (χ3n) is 4.19. The quantitative estimate of drug-likeness (QED) is 0.471. The van der Waals surface area contributed by atoms with E-state index in [4.69, 9.17) is 4.74 Å². The number of benzene rings is 1. The van der Waals surface area contributed by atoms with Crippen molar-refractivity contribution in [1.82, 2.24) is 19.6 Å². The predicted molar refractivity (Wildman–Crippen MR) is 97.0 cm³/mol. The van der Waals surface area contributed by atoms with Crippen LogP contribution in [0.4, 0.5) is 13.2 Å². The molecule has 0 bridgehead atoms. The Bertz CT molecular complexity index is 1030. The first-order chi connectivity index (χ1) is 13.2. The molecule has 0 aliphatic carbocycles. The van der Waals surface area contributed by atoms with Crippen LogP contribution in [0.2, 0.25) is 0 Å². The maximum Gasteiger partial charge on any atom is 0.416 e. The molecular weight excluding hydrogens is 393 g/mol. The monoisotopic (exact) mass is 410 g/mol. The standard InChI is InChI=1S/C18H17F3N4O2S/c1-10-14(11(2)25-16(22-10)23-17(24-25)28-3)8-15(26)27-9-12-5-4-6-13(7-12)18(19,20)21/h4-7H,8-9H2,1-3H3. The highest BCUT2D eigenvalue weighted by Crippen LogP contribution is 2.29. The van der Waals surface area contributed by atoms with Crippen molar-refractivity contribution in [3.63, 3.8) is 0 Å². The summed E-state index contributed by atoms with van der Waals surface area (Å²) in [6.07, 6.45) is -2.65. The highest BCUT2D eigenvalue weighted by molar-refractivity contribution is 7.98. The Morgan fingerprint density at radius 1 is 1.25 bits per heavy atom. The summed E-state index contributed by atoms with van der Waals surface area (Å²) in [4.78, 5) is 20.9. The molecule has 2 heterocycles. The highest BCUT2D eigenvalue weighted by atomic mass is 32.2. The Morgan fingerprint density at radius 3 is 2.68 bits per heavy atom. The number of carbonyl (C=O) groups is 1. The van der Waals surface area contributed by atoms with E-state index in [9.17, 15) is 18.0 Å². The first-order valence-electron chi connectivity index (χ1n) is 8.27. The molecule has 0 N–H and O–H groups in total. The minimum Gasteiger partial charge on any atom is -0.461 e. The smallest absolute Gasteiger partial charge is 0.416 e. The second-order valence-electron chi connectivity index (χ2n) is 6.11. The minimum atomic E-state index is -4.44. The van der Waals surface area contributed by atoms with E-state index in [-0.39, 0.29) is 18.6 Å². The zero-order valence-electron chi connectivity index (χ0n) is 15.4. The summed E-state index contributed by atoms with van der Waals surface area (Å²) in [5, 5.41) is 4.88. The van der Waals surface area contributed by atoms with Gasteiger partial charge in [-0.2, -0.15) is 18.2 Å². The summed E-state index contributed by atoms with van der Waals surface area (Å²) in [5.74, 6) is -0.115. The number of thioether (sulfide) groups is 1. The molecule has 148 valence electrons. The third-order valence-corrected chi connectivity index (χ3v) is 4.73. The molecule has 3 rings (SSSR count). The first kappa shape index (κ1) is 20.1. The van der Waals surface area contributed by atoms with Crippen molar-refractivity contribution in [1.29, 1.82) is 0 Å².